The van der Waals surface area contributed by atoms with Gasteiger partial charge in [-0.25, -0.2) is 27.6 Å². The monoisotopic (exact) mass is 430 g/mol. The minimum absolute atomic E-state index is 0.0306. The number of aliphatic imine (C=N–C) groups is 1. The number of benzene rings is 2. The Labute approximate surface area is 175 Å². The number of halogens is 3. The quantitative estimate of drug-likeness (QED) is 0.201. The molecule has 1 heterocycles. The fraction of sp³-hybridized carbons (Fsp3) is 0.143. The number of aliphatic hydroxyl groups excluding tert-OH is 1. The molecule has 7 nitrogen and oxygen atoms in total. The minimum atomic E-state index is -1.43. The average molecular weight is 430 g/mol. The van der Waals surface area contributed by atoms with Crippen molar-refractivity contribution in [3.05, 3.63) is 83.2 Å². The second-order valence-electron chi connectivity index (χ2n) is 6.25. The van der Waals surface area contributed by atoms with Gasteiger partial charge in [-0.3, -0.25) is 4.99 Å². The van der Waals surface area contributed by atoms with Crippen LogP contribution in [0.2, 0.25) is 0 Å². The number of ether oxygens (including phenoxy) is 1. The van der Waals surface area contributed by atoms with Gasteiger partial charge in [0.1, 0.15) is 29.8 Å². The van der Waals surface area contributed by atoms with Crippen LogP contribution in [0.5, 0.6) is 0 Å². The summed E-state index contributed by atoms with van der Waals surface area (Å²) < 4.78 is 47.3. The predicted molar refractivity (Wildman–Crippen MR) is 106 cm³/mol. The van der Waals surface area contributed by atoms with Gasteiger partial charge in [0.25, 0.3) is 0 Å². The van der Waals surface area contributed by atoms with Crippen molar-refractivity contribution in [2.75, 3.05) is 6.61 Å². The molecule has 31 heavy (non-hydrogen) atoms. The van der Waals surface area contributed by atoms with E-state index < -0.39 is 40.3 Å². The summed E-state index contributed by atoms with van der Waals surface area (Å²) in [5.74, 6) is -6.00. The van der Waals surface area contributed by atoms with Gasteiger partial charge in [-0.15, -0.1) is 0 Å². The molecular formula is C21H17F3N4O3. The van der Waals surface area contributed by atoms with Crippen molar-refractivity contribution in [3.8, 4) is 0 Å². The highest BCUT2D eigenvalue weighted by Gasteiger charge is 2.21. The number of aliphatic hydroxyl groups is 1. The number of rotatable bonds is 7. The van der Waals surface area contributed by atoms with Gasteiger partial charge in [0, 0.05) is 12.3 Å². The number of hydrogen-bond donors (Lipinski definition) is 1. The zero-order valence-electron chi connectivity index (χ0n) is 16.3. The molecule has 0 radical (unpaired) electrons. The van der Waals surface area contributed by atoms with E-state index in [2.05, 4.69) is 15.1 Å². The van der Waals surface area contributed by atoms with Crippen molar-refractivity contribution in [3.63, 3.8) is 0 Å². The average Bonchev–Trinajstić information content (AvgIpc) is 3.24. The molecule has 0 saturated carbocycles. The zero-order valence-corrected chi connectivity index (χ0v) is 16.3. The standard InChI is InChI=1S/C21H17F3N4O3/c1-2-31-21(30)16(20(29)15-7-18(23)19(24)8-17(15)22)9-26-14-5-3-4-13(6-14)10-28-12-25-11-27-28/h3-9,11-12,29H,2,10H2,1H3. The molecule has 3 aromatic rings. The Morgan fingerprint density at radius 3 is 2.68 bits per heavy atom. The van der Waals surface area contributed by atoms with Crippen LogP contribution < -0.4 is 0 Å². The number of carbonyl (C=O) groups is 1. The summed E-state index contributed by atoms with van der Waals surface area (Å²) in [5.41, 5.74) is 0.0254. The molecule has 0 aliphatic heterocycles. The lowest BCUT2D eigenvalue weighted by atomic mass is 10.1. The van der Waals surface area contributed by atoms with Gasteiger partial charge in [0.15, 0.2) is 11.6 Å². The summed E-state index contributed by atoms with van der Waals surface area (Å²) in [5, 5.41) is 14.4. The summed E-state index contributed by atoms with van der Waals surface area (Å²) in [6.07, 6.45) is 3.92. The third kappa shape index (κ3) is 5.35. The summed E-state index contributed by atoms with van der Waals surface area (Å²) in [6, 6.07) is 7.62. The molecule has 0 fully saturated rings. The fourth-order valence-electron chi connectivity index (χ4n) is 2.64. The van der Waals surface area contributed by atoms with Gasteiger partial charge in [-0.05, 0) is 30.7 Å². The maximum atomic E-state index is 14.1. The lowest BCUT2D eigenvalue weighted by molar-refractivity contribution is -0.137. The first-order valence-electron chi connectivity index (χ1n) is 9.09. The van der Waals surface area contributed by atoms with Gasteiger partial charge in [-0.2, -0.15) is 5.10 Å². The van der Waals surface area contributed by atoms with E-state index in [0.29, 0.717) is 18.3 Å². The summed E-state index contributed by atoms with van der Waals surface area (Å²) in [4.78, 5) is 20.3. The van der Waals surface area contributed by atoms with Crippen LogP contribution in [0.3, 0.4) is 0 Å². The minimum Gasteiger partial charge on any atom is -0.506 e. The smallest absolute Gasteiger partial charge is 0.343 e. The Morgan fingerprint density at radius 1 is 1.19 bits per heavy atom. The molecule has 0 aliphatic rings. The molecule has 0 unspecified atom stereocenters. The Hall–Kier alpha value is -3.95. The van der Waals surface area contributed by atoms with E-state index in [0.717, 1.165) is 11.8 Å². The first-order chi connectivity index (χ1) is 14.9. The summed E-state index contributed by atoms with van der Waals surface area (Å²) in [6.45, 7) is 1.93. The van der Waals surface area contributed by atoms with Crippen LogP contribution in [-0.2, 0) is 16.1 Å². The largest absolute Gasteiger partial charge is 0.506 e. The first-order valence-corrected chi connectivity index (χ1v) is 9.09. The van der Waals surface area contributed by atoms with Crippen molar-refractivity contribution in [1.82, 2.24) is 14.8 Å². The van der Waals surface area contributed by atoms with E-state index in [1.165, 1.54) is 13.3 Å². The molecule has 10 heteroatoms. The second kappa shape index (κ2) is 9.70. The molecule has 160 valence electrons. The highest BCUT2D eigenvalue weighted by Crippen LogP contribution is 2.23. The first kappa shape index (κ1) is 21.8. The molecule has 0 atom stereocenters. The van der Waals surface area contributed by atoms with Gasteiger partial charge in [0.05, 0.1) is 24.4 Å². The third-order valence-electron chi connectivity index (χ3n) is 4.08. The molecular weight excluding hydrogens is 413 g/mol. The van der Waals surface area contributed by atoms with Crippen molar-refractivity contribution >= 4 is 23.6 Å². The molecule has 3 rings (SSSR count). The second-order valence-corrected chi connectivity index (χ2v) is 6.25. The molecule has 0 spiro atoms. The van der Waals surface area contributed by atoms with Gasteiger partial charge in [-0.1, -0.05) is 12.1 Å². The highest BCUT2D eigenvalue weighted by molar-refractivity contribution is 6.15. The topological polar surface area (TPSA) is 89.6 Å². The van der Waals surface area contributed by atoms with Gasteiger partial charge < -0.3 is 9.84 Å². The Morgan fingerprint density at radius 2 is 1.97 bits per heavy atom. The van der Waals surface area contributed by atoms with E-state index >= 15 is 0 Å². The lowest BCUT2D eigenvalue weighted by Gasteiger charge is -2.08. The number of nitrogens with zero attached hydrogens (tertiary/aromatic N) is 4. The van der Waals surface area contributed by atoms with Crippen LogP contribution in [0.4, 0.5) is 18.9 Å². The molecule has 1 N–H and O–H groups in total. The van der Waals surface area contributed by atoms with E-state index in [1.807, 2.05) is 6.07 Å². The van der Waals surface area contributed by atoms with Crippen LogP contribution in [0, 0.1) is 17.5 Å². The van der Waals surface area contributed by atoms with E-state index in [-0.39, 0.29) is 12.7 Å². The maximum absolute atomic E-state index is 14.1. The molecule has 0 bridgehead atoms. The molecule has 2 aromatic carbocycles. The summed E-state index contributed by atoms with van der Waals surface area (Å²) in [7, 11) is 0. The predicted octanol–water partition coefficient (Wildman–Crippen LogP) is 3.98. The number of carbonyl (C=O) groups excluding carboxylic acids is 1. The Balaban J connectivity index is 1.97. The Kier molecular flexibility index (Phi) is 6.81. The third-order valence-corrected chi connectivity index (χ3v) is 4.08. The normalized spacial score (nSPS) is 12.1. The number of esters is 1. The maximum Gasteiger partial charge on any atom is 0.343 e. The Bertz CT molecular complexity index is 1140. The van der Waals surface area contributed by atoms with E-state index in [1.54, 1.807) is 29.2 Å². The van der Waals surface area contributed by atoms with Crippen LogP contribution in [-0.4, -0.2) is 38.7 Å². The lowest BCUT2D eigenvalue weighted by Crippen LogP contribution is -2.12. The van der Waals surface area contributed by atoms with Crippen LogP contribution in [0.1, 0.15) is 18.1 Å². The van der Waals surface area contributed by atoms with E-state index in [9.17, 15) is 23.1 Å². The van der Waals surface area contributed by atoms with Crippen molar-refractivity contribution < 1.29 is 27.8 Å². The van der Waals surface area contributed by atoms with Crippen LogP contribution >= 0.6 is 0 Å². The molecule has 1 aromatic heterocycles. The molecule has 0 aliphatic carbocycles. The zero-order chi connectivity index (χ0) is 22.4. The number of hydrogen-bond acceptors (Lipinski definition) is 6. The molecule has 0 amide bonds. The van der Waals surface area contributed by atoms with Crippen molar-refractivity contribution in [2.24, 2.45) is 4.99 Å². The number of aromatic nitrogens is 3. The van der Waals surface area contributed by atoms with Crippen LogP contribution in [0.25, 0.3) is 5.76 Å². The van der Waals surface area contributed by atoms with Gasteiger partial charge >= 0.3 is 5.97 Å². The van der Waals surface area contributed by atoms with E-state index in [4.69, 9.17) is 4.74 Å². The highest BCUT2D eigenvalue weighted by atomic mass is 19.2. The van der Waals surface area contributed by atoms with Gasteiger partial charge in [0.2, 0.25) is 0 Å². The molecule has 0 saturated heterocycles. The van der Waals surface area contributed by atoms with Crippen molar-refractivity contribution in [1.29, 1.82) is 0 Å². The summed E-state index contributed by atoms with van der Waals surface area (Å²) >= 11 is 0. The fourth-order valence-corrected chi connectivity index (χ4v) is 2.64. The SMILES string of the molecule is CCOC(=O)C(C=Nc1cccc(Cn2cncn2)c1)=C(O)c1cc(F)c(F)cc1F. The van der Waals surface area contributed by atoms with Crippen molar-refractivity contribution in [2.45, 2.75) is 13.5 Å². The van der Waals surface area contributed by atoms with Crippen LogP contribution in [0.15, 0.2) is 59.6 Å².